The first-order chi connectivity index (χ1) is 23.2. The molecule has 0 atom stereocenters. The van der Waals surface area contributed by atoms with Crippen molar-refractivity contribution in [1.29, 1.82) is 0 Å². The summed E-state index contributed by atoms with van der Waals surface area (Å²) in [5, 5.41) is 3.00. The minimum absolute atomic E-state index is 0.242. The molecule has 2 saturated heterocycles. The molecule has 8 rings (SSSR count). The zero-order chi connectivity index (χ0) is 33.0. The molecule has 11 heteroatoms. The van der Waals surface area contributed by atoms with Crippen molar-refractivity contribution in [2.24, 2.45) is 5.41 Å². The summed E-state index contributed by atoms with van der Waals surface area (Å²) in [4.78, 5) is 42.3. The Morgan fingerprint density at radius 2 is 1.81 bits per heavy atom. The van der Waals surface area contributed by atoms with Crippen molar-refractivity contribution >= 4 is 40.3 Å². The van der Waals surface area contributed by atoms with E-state index >= 15 is 0 Å². The number of nitrogens with one attached hydrogen (secondary N) is 1. The summed E-state index contributed by atoms with van der Waals surface area (Å²) in [5.74, 6) is 0.316. The summed E-state index contributed by atoms with van der Waals surface area (Å²) < 4.78 is 25.8. The molecule has 2 amide bonds. The average molecular weight is 664 g/mol. The van der Waals surface area contributed by atoms with Gasteiger partial charge in [-0.05, 0) is 98.8 Å². The lowest BCUT2D eigenvalue weighted by atomic mass is 9.73. The number of oxazole rings is 1. The first kappa shape index (κ1) is 30.5. The minimum Gasteiger partial charge on any atom is -0.444 e. The van der Waals surface area contributed by atoms with Crippen LogP contribution in [0.1, 0.15) is 50.4 Å². The third-order valence-electron chi connectivity index (χ3n) is 9.53. The third kappa shape index (κ3) is 5.56. The van der Waals surface area contributed by atoms with Crippen LogP contribution < -0.4 is 15.1 Å². The number of hydrogen-bond acceptors (Lipinski definition) is 8. The van der Waals surface area contributed by atoms with Crippen LogP contribution in [0.5, 0.6) is 0 Å². The third-order valence-corrected chi connectivity index (χ3v) is 10.7. The fourth-order valence-electron chi connectivity index (χ4n) is 6.96. The molecule has 0 aliphatic carbocycles. The number of carbonyl (C=O) groups is 2. The summed E-state index contributed by atoms with van der Waals surface area (Å²) in [7, 11) is 0. The summed E-state index contributed by atoms with van der Waals surface area (Å²) >= 11 is 1.52. The van der Waals surface area contributed by atoms with Gasteiger partial charge in [-0.3, -0.25) is 9.59 Å². The molecule has 0 bridgehead atoms. The van der Waals surface area contributed by atoms with Crippen molar-refractivity contribution < 1.29 is 23.1 Å². The number of fused-ring (bicyclic) bond motifs is 3. The SMILES string of the molecule is Cc1cnc(N2CC3(CCOCC3)C2)c(C(=O)Nc2ccc(C(=O)N3CCc4cc(-c5nc(C)co5)sc4-c4ccc(F)cc43)cc2)c1. The van der Waals surface area contributed by atoms with Gasteiger partial charge in [-0.2, -0.15) is 0 Å². The van der Waals surface area contributed by atoms with Crippen LogP contribution in [0.25, 0.3) is 21.2 Å². The Bertz CT molecular complexity index is 2040. The van der Waals surface area contributed by atoms with Crippen LogP contribution >= 0.6 is 11.3 Å². The summed E-state index contributed by atoms with van der Waals surface area (Å²) in [6.07, 6.45) is 6.05. The lowest BCUT2D eigenvalue weighted by Gasteiger charge is -2.53. The molecular weight excluding hydrogens is 630 g/mol. The number of amides is 2. The molecule has 1 spiro atoms. The highest BCUT2D eigenvalue weighted by Crippen LogP contribution is 2.45. The number of hydrogen-bond donors (Lipinski definition) is 1. The van der Waals surface area contributed by atoms with Gasteiger partial charge >= 0.3 is 0 Å². The predicted octanol–water partition coefficient (Wildman–Crippen LogP) is 7.29. The van der Waals surface area contributed by atoms with Gasteiger partial charge in [0.1, 0.15) is 17.9 Å². The van der Waals surface area contributed by atoms with E-state index < -0.39 is 5.82 Å². The molecule has 9 nitrogen and oxygen atoms in total. The van der Waals surface area contributed by atoms with E-state index in [1.165, 1.54) is 23.5 Å². The van der Waals surface area contributed by atoms with Crippen LogP contribution in [0.3, 0.4) is 0 Å². The molecule has 0 unspecified atom stereocenters. The van der Waals surface area contributed by atoms with Crippen molar-refractivity contribution in [2.45, 2.75) is 33.1 Å². The molecule has 3 aliphatic heterocycles. The Morgan fingerprint density at radius 3 is 2.56 bits per heavy atom. The second-order valence-corrected chi connectivity index (χ2v) is 14.1. The standard InChI is InChI=1S/C37H34FN5O4S/c1-22-15-29(33(39-18-22)42-20-37(21-42)10-13-46-14-11-37)34(44)41-27-6-3-24(4-7-27)36(45)43-12-9-25-16-31(35-40-23(2)19-47-35)48-32(25)28-8-5-26(38)17-30(28)43/h3-8,15-19H,9-14,20-21H2,1-2H3,(H,41,44). The normalized spacial score (nSPS) is 16.6. The average Bonchev–Trinajstić information content (AvgIpc) is 3.67. The highest BCUT2D eigenvalue weighted by Gasteiger charge is 2.45. The number of nitrogens with zero attached hydrogens (tertiary/aromatic N) is 4. The van der Waals surface area contributed by atoms with Crippen molar-refractivity contribution in [2.75, 3.05) is 48.0 Å². The van der Waals surface area contributed by atoms with E-state index in [2.05, 4.69) is 20.2 Å². The molecule has 3 aromatic heterocycles. The van der Waals surface area contributed by atoms with Gasteiger partial charge in [-0.25, -0.2) is 14.4 Å². The Kier molecular flexibility index (Phi) is 7.60. The second-order valence-electron chi connectivity index (χ2n) is 13.0. The monoisotopic (exact) mass is 663 g/mol. The van der Waals surface area contributed by atoms with E-state index in [4.69, 9.17) is 9.15 Å². The number of aryl methyl sites for hydroxylation is 2. The summed E-state index contributed by atoms with van der Waals surface area (Å²) in [6.45, 7) is 7.46. The van der Waals surface area contributed by atoms with Crippen molar-refractivity contribution in [3.05, 3.63) is 101 Å². The zero-order valence-electron chi connectivity index (χ0n) is 26.7. The van der Waals surface area contributed by atoms with E-state index in [1.807, 2.05) is 26.0 Å². The maximum atomic E-state index is 14.6. The van der Waals surface area contributed by atoms with Gasteiger partial charge in [0, 0.05) is 66.2 Å². The van der Waals surface area contributed by atoms with Crippen LogP contribution in [0.4, 0.5) is 21.6 Å². The van der Waals surface area contributed by atoms with Gasteiger partial charge in [0.2, 0.25) is 5.89 Å². The fourth-order valence-corrected chi connectivity index (χ4v) is 8.14. The van der Waals surface area contributed by atoms with Crippen LogP contribution in [0.15, 0.2) is 71.5 Å². The zero-order valence-corrected chi connectivity index (χ0v) is 27.5. The maximum absolute atomic E-state index is 14.6. The van der Waals surface area contributed by atoms with Gasteiger partial charge in [-0.15, -0.1) is 11.3 Å². The molecular formula is C37H34FN5O4S. The predicted molar refractivity (Wildman–Crippen MR) is 183 cm³/mol. The molecule has 2 fully saturated rings. The number of aromatic nitrogens is 2. The smallest absolute Gasteiger partial charge is 0.259 e. The lowest BCUT2D eigenvalue weighted by Crippen LogP contribution is -2.59. The number of thiophene rings is 1. The number of anilines is 3. The van der Waals surface area contributed by atoms with Crippen LogP contribution in [-0.4, -0.2) is 54.6 Å². The second kappa shape index (κ2) is 12.0. The van der Waals surface area contributed by atoms with Crippen LogP contribution in [-0.2, 0) is 11.2 Å². The molecule has 2 aromatic carbocycles. The fraction of sp³-hybridized carbons (Fsp3) is 0.297. The molecule has 0 radical (unpaired) electrons. The molecule has 48 heavy (non-hydrogen) atoms. The van der Waals surface area contributed by atoms with Crippen molar-refractivity contribution in [3.8, 4) is 21.2 Å². The molecule has 0 saturated carbocycles. The van der Waals surface area contributed by atoms with E-state index in [-0.39, 0.29) is 17.2 Å². The Labute approximate surface area is 281 Å². The Hall–Kier alpha value is -4.87. The van der Waals surface area contributed by atoms with E-state index in [0.717, 1.165) is 71.3 Å². The maximum Gasteiger partial charge on any atom is 0.259 e. The number of pyridine rings is 1. The van der Waals surface area contributed by atoms with Crippen LogP contribution in [0, 0.1) is 25.1 Å². The molecule has 5 aromatic rings. The number of benzene rings is 2. The van der Waals surface area contributed by atoms with Gasteiger partial charge in [0.05, 0.1) is 21.8 Å². The highest BCUT2D eigenvalue weighted by atomic mass is 32.1. The van der Waals surface area contributed by atoms with E-state index in [0.29, 0.717) is 47.2 Å². The van der Waals surface area contributed by atoms with Crippen LogP contribution in [0.2, 0.25) is 0 Å². The van der Waals surface area contributed by atoms with Gasteiger partial charge in [-0.1, -0.05) is 0 Å². The van der Waals surface area contributed by atoms with Crippen molar-refractivity contribution in [3.63, 3.8) is 0 Å². The van der Waals surface area contributed by atoms with Crippen molar-refractivity contribution in [1.82, 2.24) is 9.97 Å². The molecule has 1 N–H and O–H groups in total. The number of ether oxygens (including phenoxy) is 1. The largest absolute Gasteiger partial charge is 0.444 e. The lowest BCUT2D eigenvalue weighted by molar-refractivity contribution is -0.000510. The number of rotatable bonds is 5. The first-order valence-corrected chi connectivity index (χ1v) is 16.9. The van der Waals surface area contributed by atoms with E-state index in [9.17, 15) is 14.0 Å². The Balaban J connectivity index is 1.01. The van der Waals surface area contributed by atoms with Gasteiger partial charge in [0.25, 0.3) is 11.8 Å². The first-order valence-electron chi connectivity index (χ1n) is 16.1. The van der Waals surface area contributed by atoms with E-state index in [1.54, 1.807) is 47.7 Å². The number of halogens is 1. The highest BCUT2D eigenvalue weighted by molar-refractivity contribution is 7.19. The van der Waals surface area contributed by atoms with Gasteiger partial charge < -0.3 is 24.3 Å². The number of carbonyl (C=O) groups excluding carboxylic acids is 2. The molecule has 6 heterocycles. The topological polar surface area (TPSA) is 101 Å². The molecule has 3 aliphatic rings. The van der Waals surface area contributed by atoms with Gasteiger partial charge in [0.15, 0.2) is 0 Å². The quantitative estimate of drug-likeness (QED) is 0.211. The molecule has 244 valence electrons. The summed E-state index contributed by atoms with van der Waals surface area (Å²) in [6, 6.07) is 15.3. The minimum atomic E-state index is -0.417. The Morgan fingerprint density at radius 1 is 1.02 bits per heavy atom. The summed E-state index contributed by atoms with van der Waals surface area (Å²) in [5.41, 5.74) is 5.81.